The number of benzene rings is 1. The molecule has 1 aromatic rings. The molecule has 1 aliphatic heterocycles. The third-order valence-electron chi connectivity index (χ3n) is 3.41. The van der Waals surface area contributed by atoms with Crippen molar-refractivity contribution in [2.24, 2.45) is 5.92 Å². The summed E-state index contributed by atoms with van der Waals surface area (Å²) in [5.74, 6) is 0.201. The lowest BCUT2D eigenvalue weighted by Gasteiger charge is -2.20. The standard InChI is InChI=1S/C13H18N2O/c1-8-5-6-11-12(10(8)3)14-7-9(2)13(16)15(11)4/h5-6,9,14H,7H2,1-4H3. The van der Waals surface area contributed by atoms with Gasteiger partial charge in [-0.15, -0.1) is 0 Å². The van der Waals surface area contributed by atoms with Crippen LogP contribution in [0.3, 0.4) is 0 Å². The van der Waals surface area contributed by atoms with E-state index >= 15 is 0 Å². The van der Waals surface area contributed by atoms with Gasteiger partial charge in [-0.05, 0) is 31.0 Å². The molecule has 1 N–H and O–H groups in total. The van der Waals surface area contributed by atoms with Gasteiger partial charge in [0.1, 0.15) is 0 Å². The van der Waals surface area contributed by atoms with Crippen LogP contribution in [0.1, 0.15) is 18.1 Å². The topological polar surface area (TPSA) is 32.3 Å². The molecular weight excluding hydrogens is 200 g/mol. The average Bonchev–Trinajstić information content (AvgIpc) is 2.37. The highest BCUT2D eigenvalue weighted by Gasteiger charge is 2.25. The van der Waals surface area contributed by atoms with E-state index in [1.165, 1.54) is 11.1 Å². The molecule has 1 aromatic carbocycles. The number of fused-ring (bicyclic) bond motifs is 1. The first-order valence-corrected chi connectivity index (χ1v) is 5.64. The highest BCUT2D eigenvalue weighted by Crippen LogP contribution is 2.33. The number of amides is 1. The minimum atomic E-state index is 0.0251. The van der Waals surface area contributed by atoms with Crippen molar-refractivity contribution in [3.63, 3.8) is 0 Å². The highest BCUT2D eigenvalue weighted by atomic mass is 16.2. The van der Waals surface area contributed by atoms with Crippen LogP contribution < -0.4 is 10.2 Å². The Morgan fingerprint density at radius 2 is 2.06 bits per heavy atom. The fourth-order valence-corrected chi connectivity index (χ4v) is 2.10. The maximum absolute atomic E-state index is 12.0. The van der Waals surface area contributed by atoms with E-state index in [0.29, 0.717) is 6.54 Å². The minimum absolute atomic E-state index is 0.0251. The van der Waals surface area contributed by atoms with Gasteiger partial charge in [0.15, 0.2) is 0 Å². The van der Waals surface area contributed by atoms with Crippen LogP contribution in [-0.4, -0.2) is 19.5 Å². The van der Waals surface area contributed by atoms with E-state index in [4.69, 9.17) is 0 Å². The molecular formula is C13H18N2O. The van der Waals surface area contributed by atoms with Crippen LogP contribution in [0.4, 0.5) is 11.4 Å². The van der Waals surface area contributed by atoms with Crippen molar-refractivity contribution in [3.8, 4) is 0 Å². The van der Waals surface area contributed by atoms with Crippen molar-refractivity contribution in [1.29, 1.82) is 0 Å². The second-order valence-electron chi connectivity index (χ2n) is 4.58. The lowest BCUT2D eigenvalue weighted by molar-refractivity contribution is -0.121. The second-order valence-corrected chi connectivity index (χ2v) is 4.58. The Hall–Kier alpha value is -1.51. The SMILES string of the molecule is Cc1ccc2c(c1C)NCC(C)C(=O)N2C. The summed E-state index contributed by atoms with van der Waals surface area (Å²) in [6, 6.07) is 4.08. The van der Waals surface area contributed by atoms with Gasteiger partial charge in [-0.3, -0.25) is 4.79 Å². The van der Waals surface area contributed by atoms with Crippen molar-refractivity contribution >= 4 is 17.3 Å². The van der Waals surface area contributed by atoms with Crippen LogP contribution in [0.15, 0.2) is 12.1 Å². The van der Waals surface area contributed by atoms with Gasteiger partial charge in [-0.1, -0.05) is 13.0 Å². The maximum Gasteiger partial charge on any atom is 0.231 e. The summed E-state index contributed by atoms with van der Waals surface area (Å²) < 4.78 is 0. The number of rotatable bonds is 0. The molecule has 86 valence electrons. The lowest BCUT2D eigenvalue weighted by atomic mass is 10.1. The number of hydrogen-bond acceptors (Lipinski definition) is 2. The third-order valence-corrected chi connectivity index (χ3v) is 3.41. The summed E-state index contributed by atoms with van der Waals surface area (Å²) >= 11 is 0. The van der Waals surface area contributed by atoms with Gasteiger partial charge in [0.05, 0.1) is 17.3 Å². The Kier molecular flexibility index (Phi) is 2.62. The van der Waals surface area contributed by atoms with Gasteiger partial charge in [0.2, 0.25) is 5.91 Å². The van der Waals surface area contributed by atoms with Gasteiger partial charge >= 0.3 is 0 Å². The van der Waals surface area contributed by atoms with Crippen LogP contribution >= 0.6 is 0 Å². The Morgan fingerprint density at radius 3 is 2.75 bits per heavy atom. The molecule has 0 fully saturated rings. The van der Waals surface area contributed by atoms with Gasteiger partial charge in [0, 0.05) is 13.6 Å². The lowest BCUT2D eigenvalue weighted by Crippen LogP contribution is -2.31. The number of carbonyl (C=O) groups excluding carboxylic acids is 1. The highest BCUT2D eigenvalue weighted by molar-refractivity contribution is 5.99. The largest absolute Gasteiger partial charge is 0.382 e. The number of nitrogens with one attached hydrogen (secondary N) is 1. The summed E-state index contributed by atoms with van der Waals surface area (Å²) in [5, 5.41) is 3.38. The van der Waals surface area contributed by atoms with Crippen molar-refractivity contribution in [3.05, 3.63) is 23.3 Å². The van der Waals surface area contributed by atoms with Crippen molar-refractivity contribution in [2.75, 3.05) is 23.8 Å². The van der Waals surface area contributed by atoms with Crippen LogP contribution in [0.2, 0.25) is 0 Å². The first-order valence-electron chi connectivity index (χ1n) is 5.64. The predicted molar refractivity (Wildman–Crippen MR) is 67.0 cm³/mol. The average molecular weight is 218 g/mol. The third kappa shape index (κ3) is 1.56. The van der Waals surface area contributed by atoms with E-state index in [2.05, 4.69) is 25.2 Å². The summed E-state index contributed by atoms with van der Waals surface area (Å²) in [6.45, 7) is 6.85. The zero-order chi connectivity index (χ0) is 11.9. The number of hydrogen-bond donors (Lipinski definition) is 1. The van der Waals surface area contributed by atoms with E-state index in [-0.39, 0.29) is 11.8 Å². The summed E-state index contributed by atoms with van der Waals surface area (Å²) in [5.41, 5.74) is 4.56. The Labute approximate surface area is 96.5 Å². The van der Waals surface area contributed by atoms with Crippen molar-refractivity contribution < 1.29 is 4.79 Å². The molecule has 0 bridgehead atoms. The van der Waals surface area contributed by atoms with Crippen molar-refractivity contribution in [2.45, 2.75) is 20.8 Å². The Balaban J connectivity index is 2.56. The molecule has 3 heteroatoms. The summed E-state index contributed by atoms with van der Waals surface area (Å²) in [6.07, 6.45) is 0. The minimum Gasteiger partial charge on any atom is -0.382 e. The molecule has 1 aliphatic rings. The first kappa shape index (κ1) is 11.0. The number of nitrogens with zero attached hydrogens (tertiary/aromatic N) is 1. The molecule has 0 aromatic heterocycles. The normalized spacial score (nSPS) is 20.1. The zero-order valence-electron chi connectivity index (χ0n) is 10.3. The fraction of sp³-hybridized carbons (Fsp3) is 0.462. The summed E-state index contributed by atoms with van der Waals surface area (Å²) in [4.78, 5) is 13.7. The van der Waals surface area contributed by atoms with Gasteiger partial charge in [-0.2, -0.15) is 0 Å². The molecule has 16 heavy (non-hydrogen) atoms. The van der Waals surface area contributed by atoms with E-state index in [1.54, 1.807) is 4.90 Å². The van der Waals surface area contributed by atoms with Crippen LogP contribution in [0.5, 0.6) is 0 Å². The molecule has 3 nitrogen and oxygen atoms in total. The van der Waals surface area contributed by atoms with Gasteiger partial charge in [0.25, 0.3) is 0 Å². The molecule has 1 unspecified atom stereocenters. The molecule has 0 aliphatic carbocycles. The summed E-state index contributed by atoms with van der Waals surface area (Å²) in [7, 11) is 1.85. The smallest absolute Gasteiger partial charge is 0.231 e. The van der Waals surface area contributed by atoms with E-state index < -0.39 is 0 Å². The number of anilines is 2. The number of aryl methyl sites for hydroxylation is 1. The van der Waals surface area contributed by atoms with E-state index in [0.717, 1.165) is 11.4 Å². The zero-order valence-corrected chi connectivity index (χ0v) is 10.3. The van der Waals surface area contributed by atoms with Crippen LogP contribution in [0.25, 0.3) is 0 Å². The number of carbonyl (C=O) groups is 1. The quantitative estimate of drug-likeness (QED) is 0.725. The Morgan fingerprint density at radius 1 is 1.38 bits per heavy atom. The van der Waals surface area contributed by atoms with E-state index in [9.17, 15) is 4.79 Å². The van der Waals surface area contributed by atoms with E-state index in [1.807, 2.05) is 20.0 Å². The van der Waals surface area contributed by atoms with Gasteiger partial charge < -0.3 is 10.2 Å². The molecule has 0 saturated heterocycles. The second kappa shape index (κ2) is 3.81. The van der Waals surface area contributed by atoms with Gasteiger partial charge in [-0.25, -0.2) is 0 Å². The maximum atomic E-state index is 12.0. The molecule has 2 rings (SSSR count). The first-order chi connectivity index (χ1) is 7.52. The molecule has 1 amide bonds. The molecule has 1 atom stereocenters. The molecule has 1 heterocycles. The van der Waals surface area contributed by atoms with Crippen LogP contribution in [-0.2, 0) is 4.79 Å². The molecule has 0 spiro atoms. The molecule has 0 saturated carbocycles. The molecule has 0 radical (unpaired) electrons. The monoisotopic (exact) mass is 218 g/mol. The predicted octanol–water partition coefficient (Wildman–Crippen LogP) is 2.33. The Bertz CT molecular complexity index is 440. The van der Waals surface area contributed by atoms with Crippen LogP contribution in [0, 0.1) is 19.8 Å². The fourth-order valence-electron chi connectivity index (χ4n) is 2.10. The van der Waals surface area contributed by atoms with Crippen molar-refractivity contribution in [1.82, 2.24) is 0 Å².